The van der Waals surface area contributed by atoms with Crippen LogP contribution in [0.25, 0.3) is 44.5 Å². The van der Waals surface area contributed by atoms with Crippen LogP contribution in [0.5, 0.6) is 23.0 Å². The van der Waals surface area contributed by atoms with Gasteiger partial charge in [0.1, 0.15) is 0 Å². The minimum atomic E-state index is -0.0934. The summed E-state index contributed by atoms with van der Waals surface area (Å²) in [5.74, 6) is 2.90. The number of hydrogen-bond donors (Lipinski definition) is 0. The molecule has 2 heterocycles. The second-order valence-electron chi connectivity index (χ2n) is 10.7. The van der Waals surface area contributed by atoms with Gasteiger partial charge in [-0.05, 0) is 69.8 Å². The van der Waals surface area contributed by atoms with Crippen LogP contribution in [0.4, 0.5) is 0 Å². The molecule has 8 rings (SSSR count). The van der Waals surface area contributed by atoms with Crippen molar-refractivity contribution in [3.8, 4) is 56.5 Å². The minimum Gasteiger partial charge on any atom is -0.450 e. The van der Waals surface area contributed by atoms with Gasteiger partial charge >= 0.3 is 0 Å². The van der Waals surface area contributed by atoms with E-state index in [0.29, 0.717) is 11.5 Å². The van der Waals surface area contributed by atoms with Crippen LogP contribution < -0.4 is 9.47 Å². The standard InChI is InChI=1S/C35H24N2O2/c1-35(2)26-12-6-5-10-23(26)25-18-33-34(19-27(25)35)38-31-16-15-21(17-32(31)39-33)22-9-3-4-11-24(22)30-20-36-28-13-7-8-14-29(28)37-30/h3-20H,1-2H3. The number of fused-ring (bicyclic) bond motifs is 6. The second-order valence-corrected chi connectivity index (χ2v) is 10.7. The number of aromatic nitrogens is 2. The molecule has 0 saturated heterocycles. The SMILES string of the molecule is CC1(C)c2ccccc2-c2cc3c(cc21)Oc1ccc(-c2ccccc2-c2cnc4ccccc4n2)cc1O3. The monoisotopic (exact) mass is 504 g/mol. The van der Waals surface area contributed by atoms with Gasteiger partial charge in [0.05, 0.1) is 22.9 Å². The van der Waals surface area contributed by atoms with Gasteiger partial charge in [0.2, 0.25) is 0 Å². The molecule has 1 aromatic heterocycles. The molecule has 0 spiro atoms. The third-order valence-electron chi connectivity index (χ3n) is 7.99. The summed E-state index contributed by atoms with van der Waals surface area (Å²) in [6, 6.07) is 35.2. The molecule has 0 bridgehead atoms. The highest BCUT2D eigenvalue weighted by Gasteiger charge is 2.37. The van der Waals surface area contributed by atoms with Crippen LogP contribution in [-0.2, 0) is 5.41 Å². The first-order valence-corrected chi connectivity index (χ1v) is 13.2. The van der Waals surface area contributed by atoms with Crippen LogP contribution in [0.2, 0.25) is 0 Å². The summed E-state index contributed by atoms with van der Waals surface area (Å²) in [7, 11) is 0. The Labute approximate surface area is 226 Å². The first-order chi connectivity index (χ1) is 19.1. The Morgan fingerprint density at radius 2 is 1.21 bits per heavy atom. The molecule has 0 saturated carbocycles. The molecule has 0 amide bonds. The topological polar surface area (TPSA) is 44.2 Å². The highest BCUT2D eigenvalue weighted by Crippen LogP contribution is 2.55. The predicted molar refractivity (Wildman–Crippen MR) is 155 cm³/mol. The van der Waals surface area contributed by atoms with Gasteiger partial charge in [0.25, 0.3) is 0 Å². The Kier molecular flexibility index (Phi) is 4.54. The molecule has 0 unspecified atom stereocenters. The summed E-state index contributed by atoms with van der Waals surface area (Å²) >= 11 is 0. The molecule has 0 N–H and O–H groups in total. The van der Waals surface area contributed by atoms with Crippen LogP contribution in [-0.4, -0.2) is 9.97 Å². The van der Waals surface area contributed by atoms with Gasteiger partial charge in [-0.1, -0.05) is 80.6 Å². The van der Waals surface area contributed by atoms with Crippen LogP contribution in [0.15, 0.2) is 109 Å². The fourth-order valence-corrected chi connectivity index (χ4v) is 5.99. The van der Waals surface area contributed by atoms with Gasteiger partial charge in [-0.3, -0.25) is 4.98 Å². The maximum Gasteiger partial charge on any atom is 0.170 e. The van der Waals surface area contributed by atoms with Crippen molar-refractivity contribution in [1.29, 1.82) is 0 Å². The summed E-state index contributed by atoms with van der Waals surface area (Å²) < 4.78 is 12.9. The molecule has 4 heteroatoms. The molecule has 5 aromatic carbocycles. The fraction of sp³-hybridized carbons (Fsp3) is 0.0857. The lowest BCUT2D eigenvalue weighted by atomic mass is 9.82. The highest BCUT2D eigenvalue weighted by molar-refractivity contribution is 5.86. The van der Waals surface area contributed by atoms with Gasteiger partial charge in [-0.25, -0.2) is 4.98 Å². The Bertz CT molecular complexity index is 1960. The lowest BCUT2D eigenvalue weighted by Crippen LogP contribution is -2.15. The average Bonchev–Trinajstić information content (AvgIpc) is 3.20. The van der Waals surface area contributed by atoms with E-state index in [4.69, 9.17) is 14.5 Å². The first kappa shape index (κ1) is 22.1. The Balaban J connectivity index is 1.20. The summed E-state index contributed by atoms with van der Waals surface area (Å²) in [4.78, 5) is 9.53. The smallest absolute Gasteiger partial charge is 0.170 e. The van der Waals surface area contributed by atoms with Crippen molar-refractivity contribution >= 4 is 11.0 Å². The number of ether oxygens (including phenoxy) is 2. The van der Waals surface area contributed by atoms with Crippen molar-refractivity contribution in [2.24, 2.45) is 0 Å². The van der Waals surface area contributed by atoms with E-state index >= 15 is 0 Å². The lowest BCUT2D eigenvalue weighted by Gasteiger charge is -2.25. The average molecular weight is 505 g/mol. The molecule has 6 aromatic rings. The van der Waals surface area contributed by atoms with E-state index in [1.54, 1.807) is 0 Å². The lowest BCUT2D eigenvalue weighted by molar-refractivity contribution is 0.359. The molecule has 2 aliphatic rings. The number of benzene rings is 5. The minimum absolute atomic E-state index is 0.0934. The van der Waals surface area contributed by atoms with E-state index in [9.17, 15) is 0 Å². The molecule has 0 fully saturated rings. The van der Waals surface area contributed by atoms with Crippen molar-refractivity contribution in [3.05, 3.63) is 120 Å². The van der Waals surface area contributed by atoms with Crippen LogP contribution >= 0.6 is 0 Å². The van der Waals surface area contributed by atoms with Gasteiger partial charge in [-0.15, -0.1) is 0 Å². The molecular weight excluding hydrogens is 480 g/mol. The predicted octanol–water partition coefficient (Wildman–Crippen LogP) is 9.17. The molecule has 4 nitrogen and oxygen atoms in total. The third kappa shape index (κ3) is 3.31. The normalized spacial score (nSPS) is 14.0. The largest absolute Gasteiger partial charge is 0.450 e. The third-order valence-corrected chi connectivity index (χ3v) is 7.99. The van der Waals surface area contributed by atoms with Gasteiger partial charge < -0.3 is 9.47 Å². The van der Waals surface area contributed by atoms with Crippen molar-refractivity contribution in [2.75, 3.05) is 0 Å². The molecular formula is C35H24N2O2. The molecule has 186 valence electrons. The van der Waals surface area contributed by atoms with Crippen molar-refractivity contribution in [3.63, 3.8) is 0 Å². The Hall–Kier alpha value is -4.96. The summed E-state index contributed by atoms with van der Waals surface area (Å²) in [6.07, 6.45) is 1.84. The number of hydrogen-bond acceptors (Lipinski definition) is 4. The van der Waals surface area contributed by atoms with E-state index in [-0.39, 0.29) is 5.41 Å². The maximum absolute atomic E-state index is 6.50. The van der Waals surface area contributed by atoms with E-state index in [0.717, 1.165) is 44.9 Å². The zero-order chi connectivity index (χ0) is 26.1. The quantitative estimate of drug-likeness (QED) is 0.235. The molecule has 1 aliphatic heterocycles. The van der Waals surface area contributed by atoms with Crippen molar-refractivity contribution in [1.82, 2.24) is 9.97 Å². The number of rotatable bonds is 2. The van der Waals surface area contributed by atoms with E-state index in [2.05, 4.69) is 79.5 Å². The van der Waals surface area contributed by atoms with Gasteiger partial charge in [-0.2, -0.15) is 0 Å². The summed E-state index contributed by atoms with van der Waals surface area (Å²) in [5, 5.41) is 0. The molecule has 1 aliphatic carbocycles. The summed E-state index contributed by atoms with van der Waals surface area (Å²) in [6.45, 7) is 4.54. The Morgan fingerprint density at radius 3 is 2.08 bits per heavy atom. The summed E-state index contributed by atoms with van der Waals surface area (Å²) in [5.41, 5.74) is 10.7. The molecule has 0 atom stereocenters. The zero-order valence-corrected chi connectivity index (χ0v) is 21.6. The highest BCUT2D eigenvalue weighted by atomic mass is 16.6. The Morgan fingerprint density at radius 1 is 0.538 bits per heavy atom. The number of para-hydroxylation sites is 2. The van der Waals surface area contributed by atoms with Crippen molar-refractivity contribution in [2.45, 2.75) is 19.3 Å². The van der Waals surface area contributed by atoms with E-state index in [1.807, 2.05) is 48.7 Å². The first-order valence-electron chi connectivity index (χ1n) is 13.2. The van der Waals surface area contributed by atoms with E-state index < -0.39 is 0 Å². The molecule has 0 radical (unpaired) electrons. The fourth-order valence-electron chi connectivity index (χ4n) is 5.99. The van der Waals surface area contributed by atoms with Crippen LogP contribution in [0.1, 0.15) is 25.0 Å². The second kappa shape index (κ2) is 8.02. The molecule has 39 heavy (non-hydrogen) atoms. The van der Waals surface area contributed by atoms with Gasteiger partial charge in [0.15, 0.2) is 23.0 Å². The number of nitrogens with zero attached hydrogens (tertiary/aromatic N) is 2. The van der Waals surface area contributed by atoms with Crippen LogP contribution in [0, 0.1) is 0 Å². The van der Waals surface area contributed by atoms with E-state index in [1.165, 1.54) is 22.3 Å². The van der Waals surface area contributed by atoms with Crippen LogP contribution in [0.3, 0.4) is 0 Å². The van der Waals surface area contributed by atoms with Gasteiger partial charge in [0, 0.05) is 11.0 Å². The maximum atomic E-state index is 6.50. The van der Waals surface area contributed by atoms with Crippen molar-refractivity contribution < 1.29 is 9.47 Å². The zero-order valence-electron chi connectivity index (χ0n) is 21.6.